The molecule has 0 saturated heterocycles. The Morgan fingerprint density at radius 1 is 1.10 bits per heavy atom. The van der Waals surface area contributed by atoms with Crippen LogP contribution in [-0.2, 0) is 0 Å². The molecule has 6 rings (SSSR count). The lowest BCUT2D eigenvalue weighted by Gasteiger charge is -2.54. The first-order valence-corrected chi connectivity index (χ1v) is 11.6. The van der Waals surface area contributed by atoms with Crippen LogP contribution < -0.4 is 15.8 Å². The summed E-state index contributed by atoms with van der Waals surface area (Å²) in [5.41, 5.74) is 9.22. The number of nitrogens with zero attached hydrogens (tertiary/aromatic N) is 1. The predicted molar refractivity (Wildman–Crippen MR) is 119 cm³/mol. The van der Waals surface area contributed by atoms with E-state index in [9.17, 15) is 0 Å². The van der Waals surface area contributed by atoms with Crippen molar-refractivity contribution in [1.29, 1.82) is 0 Å². The molecule has 0 radical (unpaired) electrons. The molecule has 156 valence electrons. The third kappa shape index (κ3) is 3.61. The molecule has 4 saturated carbocycles. The molecule has 3 N–H and O–H groups in total. The van der Waals surface area contributed by atoms with Crippen LogP contribution in [0.5, 0.6) is 5.75 Å². The van der Waals surface area contributed by atoms with E-state index in [0.717, 1.165) is 65.4 Å². The van der Waals surface area contributed by atoms with Crippen LogP contribution in [0.4, 0.5) is 5.69 Å². The molecule has 1 heterocycles. The maximum absolute atomic E-state index is 5.71. The molecule has 4 heteroatoms. The Morgan fingerprint density at radius 3 is 2.48 bits per heavy atom. The molecule has 4 aliphatic rings. The number of hydrogen-bond acceptors (Lipinski definition) is 4. The van der Waals surface area contributed by atoms with Crippen LogP contribution in [0, 0.1) is 23.7 Å². The normalized spacial score (nSPS) is 31.2. The van der Waals surface area contributed by atoms with Crippen molar-refractivity contribution in [3.63, 3.8) is 0 Å². The summed E-state index contributed by atoms with van der Waals surface area (Å²) in [5.74, 6) is 5.26. The van der Waals surface area contributed by atoms with E-state index in [2.05, 4.69) is 36.5 Å². The number of methoxy groups -OCH3 is 1. The molecular weight excluding hydrogens is 358 g/mol. The number of hydrogen-bond donors (Lipinski definition) is 2. The van der Waals surface area contributed by atoms with Gasteiger partial charge in [0, 0.05) is 29.1 Å². The van der Waals surface area contributed by atoms with Gasteiger partial charge in [-0.1, -0.05) is 6.07 Å². The molecule has 4 fully saturated rings. The molecule has 1 unspecified atom stereocenters. The van der Waals surface area contributed by atoms with Crippen LogP contribution in [-0.4, -0.2) is 24.7 Å². The first-order chi connectivity index (χ1) is 14.1. The summed E-state index contributed by atoms with van der Waals surface area (Å²) < 4.78 is 5.56. The Kier molecular flexibility index (Phi) is 5.15. The fourth-order valence-electron chi connectivity index (χ4n) is 6.81. The summed E-state index contributed by atoms with van der Waals surface area (Å²) in [6.07, 6.45) is 9.32. The van der Waals surface area contributed by atoms with Gasteiger partial charge in [0.15, 0.2) is 0 Å². The summed E-state index contributed by atoms with van der Waals surface area (Å²) >= 11 is 0. The predicted octanol–water partition coefficient (Wildman–Crippen LogP) is 5.32. The SMILES string of the molecule is COc1cc(NC(C)CCCN)c2nc(C3C4CC5CC(C4)CC3C5)ccc2c1. The molecule has 1 aromatic carbocycles. The zero-order valence-electron chi connectivity index (χ0n) is 17.9. The lowest BCUT2D eigenvalue weighted by Crippen LogP contribution is -2.44. The number of anilines is 1. The smallest absolute Gasteiger partial charge is 0.121 e. The number of nitrogens with one attached hydrogen (secondary N) is 1. The van der Waals surface area contributed by atoms with E-state index < -0.39 is 0 Å². The fraction of sp³-hybridized carbons (Fsp3) is 0.640. The monoisotopic (exact) mass is 393 g/mol. The van der Waals surface area contributed by atoms with Gasteiger partial charge < -0.3 is 15.8 Å². The molecule has 4 nitrogen and oxygen atoms in total. The van der Waals surface area contributed by atoms with E-state index in [1.165, 1.54) is 37.8 Å². The first-order valence-electron chi connectivity index (χ1n) is 11.6. The standard InChI is InChI=1S/C25H35N3O/c1-15(4-3-7-26)27-23-14-21(29-2)13-18-5-6-22(28-25(18)23)24-19-9-16-8-17(11-19)12-20(24)10-16/h5-6,13-17,19-20,24,27H,3-4,7-12,26H2,1-2H3. The largest absolute Gasteiger partial charge is 0.497 e. The van der Waals surface area contributed by atoms with Crippen molar-refractivity contribution in [1.82, 2.24) is 4.98 Å². The second-order valence-electron chi connectivity index (χ2n) is 9.92. The van der Waals surface area contributed by atoms with Crippen molar-refractivity contribution < 1.29 is 4.74 Å². The van der Waals surface area contributed by atoms with Gasteiger partial charge in [0.25, 0.3) is 0 Å². The van der Waals surface area contributed by atoms with Gasteiger partial charge in [0.05, 0.1) is 18.3 Å². The highest BCUT2D eigenvalue weighted by Gasteiger charge is 2.49. The zero-order chi connectivity index (χ0) is 20.0. The van der Waals surface area contributed by atoms with Crippen LogP contribution in [0.25, 0.3) is 10.9 Å². The summed E-state index contributed by atoms with van der Waals surface area (Å²) in [7, 11) is 1.74. The molecule has 4 bridgehead atoms. The van der Waals surface area contributed by atoms with Gasteiger partial charge in [-0.25, -0.2) is 0 Å². The number of fused-ring (bicyclic) bond motifs is 1. The lowest BCUT2D eigenvalue weighted by molar-refractivity contribution is -0.00404. The minimum Gasteiger partial charge on any atom is -0.497 e. The zero-order valence-corrected chi connectivity index (χ0v) is 17.9. The van der Waals surface area contributed by atoms with Crippen molar-refractivity contribution in [2.75, 3.05) is 19.0 Å². The van der Waals surface area contributed by atoms with E-state index in [1.807, 2.05) is 0 Å². The van der Waals surface area contributed by atoms with E-state index in [0.29, 0.717) is 12.0 Å². The van der Waals surface area contributed by atoms with Gasteiger partial charge in [0.1, 0.15) is 5.75 Å². The summed E-state index contributed by atoms with van der Waals surface area (Å²) in [4.78, 5) is 5.29. The molecule has 2 aromatic rings. The van der Waals surface area contributed by atoms with E-state index in [1.54, 1.807) is 7.11 Å². The minimum atomic E-state index is 0.362. The average Bonchev–Trinajstić information content (AvgIpc) is 2.71. The lowest BCUT2D eigenvalue weighted by atomic mass is 9.51. The molecular formula is C25H35N3O. The van der Waals surface area contributed by atoms with Crippen LogP contribution >= 0.6 is 0 Å². The Labute approximate surface area is 174 Å². The van der Waals surface area contributed by atoms with Gasteiger partial charge in [0.2, 0.25) is 0 Å². The van der Waals surface area contributed by atoms with Gasteiger partial charge in [-0.05, 0) is 94.2 Å². The number of ether oxygens (including phenoxy) is 1. The number of rotatable bonds is 7. The van der Waals surface area contributed by atoms with Crippen molar-refractivity contribution in [3.8, 4) is 5.75 Å². The maximum Gasteiger partial charge on any atom is 0.121 e. The first kappa shape index (κ1) is 19.2. The molecule has 1 aromatic heterocycles. The molecule has 4 aliphatic carbocycles. The van der Waals surface area contributed by atoms with Crippen LogP contribution in [0.15, 0.2) is 24.3 Å². The Balaban J connectivity index is 1.49. The highest BCUT2D eigenvalue weighted by Crippen LogP contribution is 2.59. The highest BCUT2D eigenvalue weighted by atomic mass is 16.5. The topological polar surface area (TPSA) is 60.2 Å². The third-order valence-electron chi connectivity index (χ3n) is 7.83. The van der Waals surface area contributed by atoms with Gasteiger partial charge in [-0.2, -0.15) is 0 Å². The third-order valence-corrected chi connectivity index (χ3v) is 7.83. The minimum absolute atomic E-state index is 0.362. The molecule has 0 spiro atoms. The number of nitrogens with two attached hydrogens (primary N) is 1. The summed E-state index contributed by atoms with van der Waals surface area (Å²) in [5, 5.41) is 4.85. The quantitative estimate of drug-likeness (QED) is 0.668. The van der Waals surface area contributed by atoms with Gasteiger partial charge >= 0.3 is 0 Å². The second kappa shape index (κ2) is 7.79. The van der Waals surface area contributed by atoms with Gasteiger partial charge in [-0.3, -0.25) is 4.98 Å². The van der Waals surface area contributed by atoms with E-state index >= 15 is 0 Å². The average molecular weight is 394 g/mol. The maximum atomic E-state index is 5.71. The molecule has 29 heavy (non-hydrogen) atoms. The van der Waals surface area contributed by atoms with Crippen LogP contribution in [0.2, 0.25) is 0 Å². The van der Waals surface area contributed by atoms with Crippen molar-refractivity contribution in [3.05, 3.63) is 30.0 Å². The number of benzene rings is 1. The van der Waals surface area contributed by atoms with Crippen molar-refractivity contribution in [2.24, 2.45) is 29.4 Å². The number of pyridine rings is 1. The van der Waals surface area contributed by atoms with Crippen LogP contribution in [0.1, 0.15) is 63.5 Å². The molecule has 0 amide bonds. The number of aromatic nitrogens is 1. The van der Waals surface area contributed by atoms with E-state index in [-0.39, 0.29) is 0 Å². The highest BCUT2D eigenvalue weighted by molar-refractivity contribution is 5.92. The van der Waals surface area contributed by atoms with Gasteiger partial charge in [-0.15, -0.1) is 0 Å². The second-order valence-corrected chi connectivity index (χ2v) is 9.92. The molecule has 0 aliphatic heterocycles. The summed E-state index contributed by atoms with van der Waals surface area (Å²) in [6, 6.07) is 9.14. The van der Waals surface area contributed by atoms with Crippen molar-refractivity contribution in [2.45, 2.75) is 63.8 Å². The van der Waals surface area contributed by atoms with Crippen LogP contribution in [0.3, 0.4) is 0 Å². The Bertz CT molecular complexity index is 852. The Hall–Kier alpha value is -1.81. The van der Waals surface area contributed by atoms with E-state index in [4.69, 9.17) is 15.5 Å². The summed E-state index contributed by atoms with van der Waals surface area (Å²) in [6.45, 7) is 2.96. The fourth-order valence-corrected chi connectivity index (χ4v) is 6.81. The molecule has 1 atom stereocenters. The Morgan fingerprint density at radius 2 is 1.83 bits per heavy atom. The van der Waals surface area contributed by atoms with Crippen molar-refractivity contribution >= 4 is 16.6 Å².